The van der Waals surface area contributed by atoms with Gasteiger partial charge in [-0.05, 0) is 31.4 Å². The molecule has 0 spiro atoms. The summed E-state index contributed by atoms with van der Waals surface area (Å²) in [6.07, 6.45) is 2.84. The minimum atomic E-state index is -0.249. The van der Waals surface area contributed by atoms with Crippen molar-refractivity contribution in [3.63, 3.8) is 0 Å². The fourth-order valence-electron chi connectivity index (χ4n) is 2.06. The van der Waals surface area contributed by atoms with Crippen LogP contribution in [0.5, 0.6) is 0 Å². The number of likely N-dealkylation sites (tertiary alicyclic amines) is 1. The van der Waals surface area contributed by atoms with Gasteiger partial charge in [-0.25, -0.2) is 0 Å². The molecule has 3 nitrogen and oxygen atoms in total. The van der Waals surface area contributed by atoms with Crippen LogP contribution in [0.3, 0.4) is 0 Å². The second-order valence-electron chi connectivity index (χ2n) is 4.01. The number of benzene rings is 1. The fourth-order valence-corrected chi connectivity index (χ4v) is 2.06. The predicted octanol–water partition coefficient (Wildman–Crippen LogP) is 2.20. The molecule has 2 rings (SSSR count). The largest absolute Gasteiger partial charge is 0.323 e. The maximum Gasteiger partial charge on any atom is 0.254 e. The van der Waals surface area contributed by atoms with E-state index in [1.54, 1.807) is 17.0 Å². The van der Waals surface area contributed by atoms with E-state index in [2.05, 4.69) is 6.07 Å². The molecule has 0 aliphatic carbocycles. The summed E-state index contributed by atoms with van der Waals surface area (Å²) in [7, 11) is 0. The number of rotatable bonds is 1. The SMILES string of the molecule is N#C[C@H]1CCCCN1C(=O)c1ccccc1. The highest BCUT2D eigenvalue weighted by Crippen LogP contribution is 2.18. The van der Waals surface area contributed by atoms with Crippen LogP contribution in [0.2, 0.25) is 0 Å². The lowest BCUT2D eigenvalue weighted by molar-refractivity contribution is 0.0670. The van der Waals surface area contributed by atoms with Crippen molar-refractivity contribution in [1.29, 1.82) is 5.26 Å². The monoisotopic (exact) mass is 214 g/mol. The molecule has 1 aromatic carbocycles. The van der Waals surface area contributed by atoms with Crippen molar-refractivity contribution in [2.75, 3.05) is 6.54 Å². The number of piperidine rings is 1. The molecule has 1 saturated heterocycles. The maximum absolute atomic E-state index is 12.1. The van der Waals surface area contributed by atoms with Gasteiger partial charge in [0.15, 0.2) is 0 Å². The molecule has 0 bridgehead atoms. The van der Waals surface area contributed by atoms with Crippen LogP contribution in [-0.4, -0.2) is 23.4 Å². The van der Waals surface area contributed by atoms with Crippen LogP contribution in [0.4, 0.5) is 0 Å². The summed E-state index contributed by atoms with van der Waals surface area (Å²) in [4.78, 5) is 13.8. The predicted molar refractivity (Wildman–Crippen MR) is 60.7 cm³/mol. The van der Waals surface area contributed by atoms with E-state index in [9.17, 15) is 4.79 Å². The summed E-state index contributed by atoms with van der Waals surface area (Å²) < 4.78 is 0. The molecule has 3 heteroatoms. The van der Waals surface area contributed by atoms with E-state index in [0.29, 0.717) is 12.1 Å². The maximum atomic E-state index is 12.1. The van der Waals surface area contributed by atoms with Crippen molar-refractivity contribution >= 4 is 5.91 Å². The van der Waals surface area contributed by atoms with E-state index < -0.39 is 0 Å². The van der Waals surface area contributed by atoms with Crippen LogP contribution in [0.15, 0.2) is 30.3 Å². The molecule has 1 aromatic rings. The highest BCUT2D eigenvalue weighted by Gasteiger charge is 2.26. The van der Waals surface area contributed by atoms with E-state index in [-0.39, 0.29) is 11.9 Å². The molecule has 1 amide bonds. The molecule has 82 valence electrons. The van der Waals surface area contributed by atoms with Gasteiger partial charge in [-0.1, -0.05) is 18.2 Å². The Kier molecular flexibility index (Phi) is 3.21. The summed E-state index contributed by atoms with van der Waals surface area (Å²) in [5.41, 5.74) is 0.671. The molecular formula is C13H14N2O. The molecule has 0 unspecified atom stereocenters. The summed E-state index contributed by atoms with van der Waals surface area (Å²) >= 11 is 0. The third kappa shape index (κ3) is 2.06. The van der Waals surface area contributed by atoms with Gasteiger partial charge in [-0.15, -0.1) is 0 Å². The lowest BCUT2D eigenvalue weighted by atomic mass is 10.0. The Labute approximate surface area is 95.3 Å². The molecule has 0 saturated carbocycles. The first-order valence-electron chi connectivity index (χ1n) is 5.58. The van der Waals surface area contributed by atoms with Crippen molar-refractivity contribution in [1.82, 2.24) is 4.90 Å². The van der Waals surface area contributed by atoms with E-state index in [4.69, 9.17) is 5.26 Å². The molecule has 1 atom stereocenters. The zero-order valence-corrected chi connectivity index (χ0v) is 9.10. The summed E-state index contributed by atoms with van der Waals surface area (Å²) in [5, 5.41) is 9.01. The lowest BCUT2D eigenvalue weighted by Gasteiger charge is -2.31. The van der Waals surface area contributed by atoms with Crippen LogP contribution in [0.1, 0.15) is 29.6 Å². The second-order valence-corrected chi connectivity index (χ2v) is 4.01. The normalized spacial score (nSPS) is 20.2. The van der Waals surface area contributed by atoms with Gasteiger partial charge in [0, 0.05) is 12.1 Å². The molecular weight excluding hydrogens is 200 g/mol. The van der Waals surface area contributed by atoms with Gasteiger partial charge >= 0.3 is 0 Å². The van der Waals surface area contributed by atoms with Crippen molar-refractivity contribution in [2.24, 2.45) is 0 Å². The second kappa shape index (κ2) is 4.80. The molecule has 1 aliphatic rings. The van der Waals surface area contributed by atoms with Gasteiger partial charge in [0.1, 0.15) is 6.04 Å². The minimum Gasteiger partial charge on any atom is -0.323 e. The number of carbonyl (C=O) groups is 1. The smallest absolute Gasteiger partial charge is 0.254 e. The average Bonchev–Trinajstić information content (AvgIpc) is 2.39. The summed E-state index contributed by atoms with van der Waals surface area (Å²) in [6, 6.07) is 11.1. The van der Waals surface area contributed by atoms with Crippen LogP contribution >= 0.6 is 0 Å². The molecule has 1 aliphatic heterocycles. The Bertz CT molecular complexity index is 408. The van der Waals surface area contributed by atoms with Crippen molar-refractivity contribution < 1.29 is 4.79 Å². The molecule has 1 heterocycles. The van der Waals surface area contributed by atoms with Gasteiger partial charge in [-0.3, -0.25) is 4.79 Å². The molecule has 0 aromatic heterocycles. The third-order valence-electron chi connectivity index (χ3n) is 2.93. The highest BCUT2D eigenvalue weighted by atomic mass is 16.2. The standard InChI is InChI=1S/C13H14N2O/c14-10-12-8-4-5-9-15(12)13(16)11-6-2-1-3-7-11/h1-3,6-7,12H,4-5,8-9H2/t12-/m1/s1. The topological polar surface area (TPSA) is 44.1 Å². The first-order valence-corrected chi connectivity index (χ1v) is 5.58. The third-order valence-corrected chi connectivity index (χ3v) is 2.93. The fraction of sp³-hybridized carbons (Fsp3) is 0.385. The van der Waals surface area contributed by atoms with Gasteiger partial charge in [-0.2, -0.15) is 5.26 Å². The van der Waals surface area contributed by atoms with E-state index >= 15 is 0 Å². The van der Waals surface area contributed by atoms with E-state index in [1.165, 1.54) is 0 Å². The van der Waals surface area contributed by atoms with E-state index in [1.807, 2.05) is 18.2 Å². The minimum absolute atomic E-state index is 0.0214. The Morgan fingerprint density at radius 1 is 1.31 bits per heavy atom. The lowest BCUT2D eigenvalue weighted by Crippen LogP contribution is -2.42. The Morgan fingerprint density at radius 2 is 2.06 bits per heavy atom. The number of amides is 1. The first-order chi connectivity index (χ1) is 7.83. The van der Waals surface area contributed by atoms with Gasteiger partial charge < -0.3 is 4.90 Å². The summed E-state index contributed by atoms with van der Waals surface area (Å²) in [6.45, 7) is 0.700. The Morgan fingerprint density at radius 3 is 2.75 bits per heavy atom. The number of nitrogens with zero attached hydrogens (tertiary/aromatic N) is 2. The van der Waals surface area contributed by atoms with Crippen LogP contribution < -0.4 is 0 Å². The van der Waals surface area contributed by atoms with Crippen LogP contribution in [0, 0.1) is 11.3 Å². The van der Waals surface area contributed by atoms with Gasteiger partial charge in [0.05, 0.1) is 6.07 Å². The van der Waals surface area contributed by atoms with Gasteiger partial charge in [0.25, 0.3) is 5.91 Å². The van der Waals surface area contributed by atoms with Crippen molar-refractivity contribution in [3.05, 3.63) is 35.9 Å². The Hall–Kier alpha value is -1.82. The van der Waals surface area contributed by atoms with E-state index in [0.717, 1.165) is 19.3 Å². The highest BCUT2D eigenvalue weighted by molar-refractivity contribution is 5.94. The first kappa shape index (κ1) is 10.7. The molecule has 16 heavy (non-hydrogen) atoms. The average molecular weight is 214 g/mol. The van der Waals surface area contributed by atoms with Crippen molar-refractivity contribution in [2.45, 2.75) is 25.3 Å². The molecule has 0 radical (unpaired) electrons. The molecule has 0 N–H and O–H groups in total. The number of carbonyl (C=O) groups excluding carboxylic acids is 1. The zero-order chi connectivity index (χ0) is 11.4. The Balaban J connectivity index is 2.18. The zero-order valence-electron chi connectivity index (χ0n) is 9.10. The quantitative estimate of drug-likeness (QED) is 0.719. The van der Waals surface area contributed by atoms with Crippen LogP contribution in [0.25, 0.3) is 0 Å². The molecule has 1 fully saturated rings. The summed E-state index contributed by atoms with van der Waals surface area (Å²) in [5.74, 6) is -0.0214. The number of hydrogen-bond donors (Lipinski definition) is 0. The number of nitriles is 1. The number of hydrogen-bond acceptors (Lipinski definition) is 2. The van der Waals surface area contributed by atoms with Gasteiger partial charge in [0.2, 0.25) is 0 Å². The van der Waals surface area contributed by atoms with Crippen LogP contribution in [-0.2, 0) is 0 Å². The van der Waals surface area contributed by atoms with Crippen molar-refractivity contribution in [3.8, 4) is 6.07 Å².